The van der Waals surface area contributed by atoms with Crippen molar-refractivity contribution in [2.75, 3.05) is 9.80 Å². The fraction of sp³-hybridized carbons (Fsp3) is 0. The van der Waals surface area contributed by atoms with Gasteiger partial charge in [0, 0.05) is 67.0 Å². The summed E-state index contributed by atoms with van der Waals surface area (Å²) < 4.78 is 4.71. The van der Waals surface area contributed by atoms with E-state index in [1.807, 2.05) is 12.2 Å². The number of para-hydroxylation sites is 4. The number of hydrogen-bond donors (Lipinski definition) is 0. The van der Waals surface area contributed by atoms with E-state index in [9.17, 15) is 0 Å². The first-order valence-corrected chi connectivity index (χ1v) is 21.0. The van der Waals surface area contributed by atoms with E-state index in [1.54, 1.807) is 0 Å². The van der Waals surface area contributed by atoms with Gasteiger partial charge >= 0.3 is 0 Å². The summed E-state index contributed by atoms with van der Waals surface area (Å²) in [6, 6.07) is 78.3. The largest absolute Gasteiger partial charge is 0.310 e. The number of benzene rings is 9. The molecule has 0 aliphatic heterocycles. The minimum Gasteiger partial charge on any atom is -0.310 e. The molecule has 0 saturated carbocycles. The van der Waals surface area contributed by atoms with Crippen LogP contribution in [0.2, 0.25) is 0 Å². The molecule has 0 aliphatic carbocycles. The molecule has 0 saturated heterocycles. The highest BCUT2D eigenvalue weighted by atomic mass is 15.2. The molecule has 11 aromatic rings. The molecule has 294 valence electrons. The molecule has 11 rings (SSSR count). The van der Waals surface area contributed by atoms with Crippen LogP contribution in [0.1, 0.15) is 11.1 Å². The zero-order valence-electron chi connectivity index (χ0n) is 34.1. The van der Waals surface area contributed by atoms with E-state index in [4.69, 9.17) is 0 Å². The monoisotopic (exact) mass is 794 g/mol. The second-order valence-electron chi connectivity index (χ2n) is 15.6. The van der Waals surface area contributed by atoms with Gasteiger partial charge in [0.1, 0.15) is 0 Å². The van der Waals surface area contributed by atoms with Gasteiger partial charge < -0.3 is 18.9 Å². The smallest absolute Gasteiger partial charge is 0.0542 e. The Balaban J connectivity index is 1.05. The second kappa shape index (κ2) is 15.4. The van der Waals surface area contributed by atoms with E-state index >= 15 is 0 Å². The molecule has 0 aliphatic rings. The summed E-state index contributed by atoms with van der Waals surface area (Å²) in [4.78, 5) is 4.70. The Morgan fingerprint density at radius 2 is 0.581 bits per heavy atom. The number of fused-ring (bicyclic) bond motifs is 6. The summed E-state index contributed by atoms with van der Waals surface area (Å²) in [5, 5.41) is 4.74. The molecule has 0 fully saturated rings. The minimum atomic E-state index is 1.06. The first-order valence-electron chi connectivity index (χ1n) is 21.0. The fourth-order valence-corrected chi connectivity index (χ4v) is 9.10. The van der Waals surface area contributed by atoms with Crippen molar-refractivity contribution in [2.24, 2.45) is 0 Å². The molecule has 0 unspecified atom stereocenters. The maximum absolute atomic E-state index is 4.09. The second-order valence-corrected chi connectivity index (χ2v) is 15.6. The Morgan fingerprint density at radius 3 is 0.935 bits per heavy atom. The maximum Gasteiger partial charge on any atom is 0.0542 e. The lowest BCUT2D eigenvalue weighted by molar-refractivity contribution is 1.18. The molecule has 4 nitrogen and oxygen atoms in total. The molecule has 0 bridgehead atoms. The Kier molecular flexibility index (Phi) is 9.10. The van der Waals surface area contributed by atoms with Gasteiger partial charge in [0.2, 0.25) is 0 Å². The van der Waals surface area contributed by atoms with Crippen LogP contribution in [0.5, 0.6) is 0 Å². The van der Waals surface area contributed by atoms with Gasteiger partial charge in [-0.1, -0.05) is 110 Å². The molecule has 0 N–H and O–H groups in total. The highest BCUT2D eigenvalue weighted by Gasteiger charge is 2.21. The van der Waals surface area contributed by atoms with Gasteiger partial charge in [-0.15, -0.1) is 0 Å². The van der Waals surface area contributed by atoms with Gasteiger partial charge in [-0.2, -0.15) is 0 Å². The van der Waals surface area contributed by atoms with Crippen molar-refractivity contribution in [2.45, 2.75) is 0 Å². The number of anilines is 6. The van der Waals surface area contributed by atoms with Gasteiger partial charge in [-0.05, 0) is 145 Å². The van der Waals surface area contributed by atoms with Crippen molar-refractivity contribution < 1.29 is 0 Å². The highest BCUT2D eigenvalue weighted by molar-refractivity contribution is 6.12. The predicted octanol–water partition coefficient (Wildman–Crippen LogP) is 16.1. The summed E-state index contributed by atoms with van der Waals surface area (Å²) >= 11 is 0. The van der Waals surface area contributed by atoms with E-state index < -0.39 is 0 Å². The molecule has 4 heteroatoms. The van der Waals surface area contributed by atoms with Gasteiger partial charge in [0.15, 0.2) is 0 Å². The highest BCUT2D eigenvalue weighted by Crippen LogP contribution is 2.43. The Hall–Kier alpha value is -8.34. The summed E-state index contributed by atoms with van der Waals surface area (Å²) in [7, 11) is 0. The van der Waals surface area contributed by atoms with Gasteiger partial charge in [0.05, 0.1) is 22.1 Å². The van der Waals surface area contributed by atoms with Crippen LogP contribution in [0, 0.1) is 0 Å². The number of nitrogens with zero attached hydrogens (tertiary/aromatic N) is 4. The van der Waals surface area contributed by atoms with Gasteiger partial charge in [0.25, 0.3) is 0 Å². The van der Waals surface area contributed by atoms with Gasteiger partial charge in [-0.25, -0.2) is 0 Å². The standard InChI is InChI=1S/C58H42N4/c1-3-41-25-33-55-51(37-41)53-39-49(31-35-57(53)61(55)45-21-13-7-14-22-45)59(43-17-9-5-10-18-43)47-27-29-48(30-28-47)60(44-19-11-6-12-20-44)50-32-36-58-54(40-50)52-38-42(4-2)26-34-56(52)62(58)46-23-15-8-16-24-46/h3-40H,1-2H2. The lowest BCUT2D eigenvalue weighted by atomic mass is 10.1. The quantitative estimate of drug-likeness (QED) is 0.137. The molecule has 0 radical (unpaired) electrons. The summed E-state index contributed by atoms with van der Waals surface area (Å²) in [6.45, 7) is 8.17. The lowest BCUT2D eigenvalue weighted by Gasteiger charge is -2.28. The van der Waals surface area contributed by atoms with E-state index in [-0.39, 0.29) is 0 Å². The van der Waals surface area contributed by atoms with Crippen LogP contribution in [0.15, 0.2) is 232 Å². The van der Waals surface area contributed by atoms with Crippen LogP contribution in [0.3, 0.4) is 0 Å². The molecule has 2 aromatic heterocycles. The third-order valence-electron chi connectivity index (χ3n) is 12.0. The average molecular weight is 795 g/mol. The van der Waals surface area contributed by atoms with E-state index in [2.05, 4.69) is 250 Å². The van der Waals surface area contributed by atoms with Crippen LogP contribution < -0.4 is 9.80 Å². The average Bonchev–Trinajstić information content (AvgIpc) is 3.84. The fourth-order valence-electron chi connectivity index (χ4n) is 9.10. The normalized spacial score (nSPS) is 11.4. The van der Waals surface area contributed by atoms with Crippen molar-refractivity contribution >= 4 is 89.9 Å². The summed E-state index contributed by atoms with van der Waals surface area (Å²) in [5.74, 6) is 0. The van der Waals surface area contributed by atoms with Crippen LogP contribution in [-0.4, -0.2) is 9.13 Å². The third-order valence-corrected chi connectivity index (χ3v) is 12.0. The number of hydrogen-bond acceptors (Lipinski definition) is 2. The number of aromatic nitrogens is 2. The zero-order chi connectivity index (χ0) is 41.6. The van der Waals surface area contributed by atoms with Crippen LogP contribution in [0.4, 0.5) is 34.1 Å². The zero-order valence-corrected chi connectivity index (χ0v) is 34.1. The van der Waals surface area contributed by atoms with Crippen molar-refractivity contribution in [1.82, 2.24) is 9.13 Å². The molecular weight excluding hydrogens is 753 g/mol. The first kappa shape index (κ1) is 36.7. The van der Waals surface area contributed by atoms with E-state index in [0.717, 1.165) is 78.7 Å². The van der Waals surface area contributed by atoms with Crippen molar-refractivity contribution in [1.29, 1.82) is 0 Å². The van der Waals surface area contributed by atoms with E-state index in [0.29, 0.717) is 0 Å². The molecule has 0 atom stereocenters. The molecule has 0 spiro atoms. The lowest BCUT2D eigenvalue weighted by Crippen LogP contribution is -2.12. The van der Waals surface area contributed by atoms with Crippen LogP contribution in [0.25, 0.3) is 67.1 Å². The van der Waals surface area contributed by atoms with Crippen LogP contribution >= 0.6 is 0 Å². The molecule has 2 heterocycles. The minimum absolute atomic E-state index is 1.06. The molecule has 9 aromatic carbocycles. The van der Waals surface area contributed by atoms with E-state index in [1.165, 1.54) is 21.5 Å². The van der Waals surface area contributed by atoms with Crippen molar-refractivity contribution in [3.8, 4) is 11.4 Å². The van der Waals surface area contributed by atoms with Crippen molar-refractivity contribution in [3.63, 3.8) is 0 Å². The molecular formula is C58H42N4. The summed E-state index contributed by atoms with van der Waals surface area (Å²) in [5.41, 5.74) is 15.5. The third kappa shape index (κ3) is 6.25. The topological polar surface area (TPSA) is 16.3 Å². The predicted molar refractivity (Wildman–Crippen MR) is 265 cm³/mol. The number of rotatable bonds is 10. The van der Waals surface area contributed by atoms with Gasteiger partial charge in [-0.3, -0.25) is 0 Å². The Labute approximate surface area is 361 Å². The first-order chi connectivity index (χ1) is 30.7. The van der Waals surface area contributed by atoms with Crippen LogP contribution in [-0.2, 0) is 0 Å². The molecule has 62 heavy (non-hydrogen) atoms. The van der Waals surface area contributed by atoms with Crippen molar-refractivity contribution in [3.05, 3.63) is 243 Å². The molecule has 0 amide bonds. The SMILES string of the molecule is C=Cc1ccc2c(c1)c1cc(N(c3ccccc3)c3ccc(N(c4ccccc4)c4ccc5c(c4)c4cc(C=C)ccc4n5-c4ccccc4)cc3)ccc1n2-c1ccccc1. The summed E-state index contributed by atoms with van der Waals surface area (Å²) in [6.07, 6.45) is 3.84. The maximum atomic E-state index is 4.09. The Morgan fingerprint density at radius 1 is 0.290 bits per heavy atom. The Bertz CT molecular complexity index is 3190.